The monoisotopic (exact) mass is 167 g/mol. The molecule has 0 heterocycles. The first-order valence-corrected chi connectivity index (χ1v) is 3.60. The third kappa shape index (κ3) is 5.51. The third-order valence-electron chi connectivity index (χ3n) is 1.28. The van der Waals surface area contributed by atoms with E-state index in [9.17, 15) is 4.79 Å². The Morgan fingerprint density at radius 3 is 2.75 bits per heavy atom. The first kappa shape index (κ1) is 10.7. The lowest BCUT2D eigenvalue weighted by Gasteiger charge is -2.17. The molecule has 3 nitrogen and oxygen atoms in total. The zero-order valence-electron chi connectivity index (χ0n) is 7.29. The normalized spacial score (nSPS) is 11.4. The predicted octanol–water partition coefficient (Wildman–Crippen LogP) is 0.629. The van der Waals surface area contributed by atoms with Gasteiger partial charge in [-0.25, -0.2) is 4.79 Å². The van der Waals surface area contributed by atoms with E-state index in [1.807, 2.05) is 13.8 Å². The molecule has 66 valence electrons. The highest BCUT2D eigenvalue weighted by Crippen LogP contribution is 1.97. The molecule has 3 heteroatoms. The van der Waals surface area contributed by atoms with Crippen LogP contribution in [-0.4, -0.2) is 23.2 Å². The van der Waals surface area contributed by atoms with E-state index in [0.717, 1.165) is 6.08 Å². The van der Waals surface area contributed by atoms with Crippen LogP contribution in [0.5, 0.6) is 0 Å². The number of carboxylic acid groups (broad SMARTS) is 1. The van der Waals surface area contributed by atoms with Crippen molar-refractivity contribution in [1.82, 2.24) is 5.32 Å². The summed E-state index contributed by atoms with van der Waals surface area (Å²) in [6.45, 7) is 4.16. The maximum atomic E-state index is 10.0. The first-order valence-electron chi connectivity index (χ1n) is 3.60. The lowest BCUT2D eigenvalue weighted by atomic mass is 10.1. The zero-order valence-corrected chi connectivity index (χ0v) is 7.29. The number of terminal acetylenes is 1. The topological polar surface area (TPSA) is 49.3 Å². The highest BCUT2D eigenvalue weighted by molar-refractivity contribution is 5.79. The third-order valence-corrected chi connectivity index (χ3v) is 1.28. The van der Waals surface area contributed by atoms with Gasteiger partial charge in [-0.1, -0.05) is 12.0 Å². The van der Waals surface area contributed by atoms with E-state index in [2.05, 4.69) is 11.2 Å². The largest absolute Gasteiger partial charge is 0.478 e. The van der Waals surface area contributed by atoms with Crippen LogP contribution in [0.3, 0.4) is 0 Å². The fourth-order valence-electron chi connectivity index (χ4n) is 0.525. The molecule has 0 rings (SSSR count). The second kappa shape index (κ2) is 4.58. The molecule has 0 aliphatic rings. The number of rotatable bonds is 4. The summed E-state index contributed by atoms with van der Waals surface area (Å²) in [4.78, 5) is 10.0. The maximum absolute atomic E-state index is 10.0. The van der Waals surface area contributed by atoms with Gasteiger partial charge < -0.3 is 5.11 Å². The average Bonchev–Trinajstić information content (AvgIpc) is 1.98. The molecule has 0 saturated carbocycles. The fraction of sp³-hybridized carbons (Fsp3) is 0.444. The average molecular weight is 167 g/mol. The Morgan fingerprint density at radius 2 is 2.33 bits per heavy atom. The van der Waals surface area contributed by atoms with Crippen LogP contribution in [0.4, 0.5) is 0 Å². The van der Waals surface area contributed by atoms with Gasteiger partial charge >= 0.3 is 5.97 Å². The maximum Gasteiger partial charge on any atom is 0.328 e. The van der Waals surface area contributed by atoms with Gasteiger partial charge in [0.05, 0.1) is 5.54 Å². The molecule has 0 aliphatic heterocycles. The smallest absolute Gasteiger partial charge is 0.328 e. The summed E-state index contributed by atoms with van der Waals surface area (Å²) in [5, 5.41) is 11.2. The molecule has 0 radical (unpaired) electrons. The van der Waals surface area contributed by atoms with Gasteiger partial charge in [-0.2, -0.15) is 0 Å². The van der Waals surface area contributed by atoms with Crippen LogP contribution in [-0.2, 0) is 4.79 Å². The zero-order chi connectivity index (χ0) is 9.61. The summed E-state index contributed by atoms with van der Waals surface area (Å²) < 4.78 is 0. The van der Waals surface area contributed by atoms with E-state index in [-0.39, 0.29) is 5.54 Å². The molecule has 0 aromatic heterocycles. The molecule has 0 fully saturated rings. The minimum Gasteiger partial charge on any atom is -0.478 e. The van der Waals surface area contributed by atoms with Crippen molar-refractivity contribution >= 4 is 5.97 Å². The van der Waals surface area contributed by atoms with E-state index in [0.29, 0.717) is 6.54 Å². The Kier molecular flexibility index (Phi) is 4.09. The molecule has 0 aliphatic carbocycles. The molecule has 0 unspecified atom stereocenters. The Labute approximate surface area is 72.5 Å². The minimum absolute atomic E-state index is 0.386. The highest BCUT2D eigenvalue weighted by Gasteiger charge is 2.09. The van der Waals surface area contributed by atoms with Gasteiger partial charge in [0.25, 0.3) is 0 Å². The van der Waals surface area contributed by atoms with Gasteiger partial charge in [0, 0.05) is 12.6 Å². The number of carbonyl (C=O) groups is 1. The van der Waals surface area contributed by atoms with E-state index >= 15 is 0 Å². The van der Waals surface area contributed by atoms with E-state index in [4.69, 9.17) is 11.5 Å². The van der Waals surface area contributed by atoms with Crippen LogP contribution in [0, 0.1) is 12.3 Å². The van der Waals surface area contributed by atoms with Crippen molar-refractivity contribution in [2.45, 2.75) is 19.4 Å². The first-order chi connectivity index (χ1) is 5.48. The lowest BCUT2D eigenvalue weighted by Crippen LogP contribution is -2.37. The van der Waals surface area contributed by atoms with Crippen molar-refractivity contribution in [1.29, 1.82) is 0 Å². The van der Waals surface area contributed by atoms with Gasteiger partial charge in [-0.05, 0) is 13.8 Å². The number of aliphatic carboxylic acids is 1. The van der Waals surface area contributed by atoms with Gasteiger partial charge in [-0.15, -0.1) is 6.42 Å². The minimum atomic E-state index is -0.949. The Hall–Kier alpha value is -1.27. The number of carboxylic acids is 1. The van der Waals surface area contributed by atoms with Crippen molar-refractivity contribution in [3.8, 4) is 12.3 Å². The second-order valence-electron chi connectivity index (χ2n) is 2.89. The Balaban J connectivity index is 3.72. The summed E-state index contributed by atoms with van der Waals surface area (Å²) >= 11 is 0. The molecule has 0 aromatic rings. The fourth-order valence-corrected chi connectivity index (χ4v) is 0.525. The predicted molar refractivity (Wildman–Crippen MR) is 47.7 cm³/mol. The molecular weight excluding hydrogens is 154 g/mol. The SMILES string of the molecule is C#CC(C)(C)NC/C=C/C(=O)O. The summed E-state index contributed by atoms with van der Waals surface area (Å²) in [6.07, 6.45) is 7.79. The Morgan fingerprint density at radius 1 is 1.75 bits per heavy atom. The van der Waals surface area contributed by atoms with Crippen molar-refractivity contribution < 1.29 is 9.90 Å². The molecule has 0 atom stereocenters. The van der Waals surface area contributed by atoms with Crippen LogP contribution in [0.25, 0.3) is 0 Å². The van der Waals surface area contributed by atoms with Crippen LogP contribution in [0.2, 0.25) is 0 Å². The number of hydrogen-bond acceptors (Lipinski definition) is 2. The number of hydrogen-bond donors (Lipinski definition) is 2. The standard InChI is InChI=1S/C9H13NO2/c1-4-9(2,3)10-7-5-6-8(11)12/h1,5-6,10H,7H2,2-3H3,(H,11,12)/b6-5+. The van der Waals surface area contributed by atoms with Crippen molar-refractivity contribution in [2.24, 2.45) is 0 Å². The molecule has 0 amide bonds. The van der Waals surface area contributed by atoms with E-state index < -0.39 is 5.97 Å². The van der Waals surface area contributed by atoms with Crippen LogP contribution in [0.15, 0.2) is 12.2 Å². The molecule has 0 aromatic carbocycles. The van der Waals surface area contributed by atoms with Gasteiger partial charge in [-0.3, -0.25) is 5.32 Å². The summed E-state index contributed by atoms with van der Waals surface area (Å²) in [6, 6.07) is 0. The summed E-state index contributed by atoms with van der Waals surface area (Å²) in [7, 11) is 0. The molecule has 0 saturated heterocycles. The van der Waals surface area contributed by atoms with E-state index in [1.165, 1.54) is 6.08 Å². The molecular formula is C9H13NO2. The van der Waals surface area contributed by atoms with Gasteiger partial charge in [0.15, 0.2) is 0 Å². The Bertz CT molecular complexity index is 223. The van der Waals surface area contributed by atoms with Crippen LogP contribution >= 0.6 is 0 Å². The van der Waals surface area contributed by atoms with Gasteiger partial charge in [0.2, 0.25) is 0 Å². The van der Waals surface area contributed by atoms with Crippen molar-refractivity contribution in [3.05, 3.63) is 12.2 Å². The quantitative estimate of drug-likeness (QED) is 0.477. The van der Waals surface area contributed by atoms with E-state index in [1.54, 1.807) is 0 Å². The molecule has 2 N–H and O–H groups in total. The molecule has 0 spiro atoms. The second-order valence-corrected chi connectivity index (χ2v) is 2.89. The molecule has 12 heavy (non-hydrogen) atoms. The van der Waals surface area contributed by atoms with Crippen LogP contribution < -0.4 is 5.32 Å². The van der Waals surface area contributed by atoms with Crippen molar-refractivity contribution in [3.63, 3.8) is 0 Å². The summed E-state index contributed by atoms with van der Waals surface area (Å²) in [5.41, 5.74) is -0.386. The number of nitrogens with one attached hydrogen (secondary N) is 1. The lowest BCUT2D eigenvalue weighted by molar-refractivity contribution is -0.131. The highest BCUT2D eigenvalue weighted by atomic mass is 16.4. The van der Waals surface area contributed by atoms with Gasteiger partial charge in [0.1, 0.15) is 0 Å². The molecule has 0 bridgehead atoms. The van der Waals surface area contributed by atoms with Crippen molar-refractivity contribution in [2.75, 3.05) is 6.54 Å². The summed E-state index contributed by atoms with van der Waals surface area (Å²) in [5.74, 6) is 1.59. The van der Waals surface area contributed by atoms with Crippen LogP contribution in [0.1, 0.15) is 13.8 Å².